The predicted molar refractivity (Wildman–Crippen MR) is 116 cm³/mol. The molecule has 0 spiro atoms. The number of phenols is 1. The van der Waals surface area contributed by atoms with Crippen molar-refractivity contribution in [2.45, 2.75) is 20.4 Å². The number of benzene rings is 2. The number of thiocarbonyl (C=S) groups is 1. The number of ether oxygens (including phenoxy) is 1. The molecule has 3 rings (SSSR count). The molecule has 7 nitrogen and oxygen atoms in total. The number of nitro groups is 1. The fourth-order valence-corrected chi connectivity index (χ4v) is 3.99. The van der Waals surface area contributed by atoms with E-state index in [9.17, 15) is 20.0 Å². The van der Waals surface area contributed by atoms with Gasteiger partial charge in [-0.05, 0) is 25.5 Å². The zero-order valence-electron chi connectivity index (χ0n) is 15.7. The minimum atomic E-state index is -0.581. The zero-order valence-corrected chi connectivity index (χ0v) is 17.4. The molecule has 0 unspecified atom stereocenters. The normalized spacial score (nSPS) is 15.2. The minimum Gasteiger partial charge on any atom is -0.504 e. The third-order valence-electron chi connectivity index (χ3n) is 4.22. The molecule has 29 heavy (non-hydrogen) atoms. The quantitative estimate of drug-likeness (QED) is 0.314. The molecule has 0 saturated carbocycles. The summed E-state index contributed by atoms with van der Waals surface area (Å²) in [7, 11) is 0. The van der Waals surface area contributed by atoms with E-state index in [0.29, 0.717) is 10.9 Å². The third-order valence-corrected chi connectivity index (χ3v) is 5.60. The van der Waals surface area contributed by atoms with Crippen molar-refractivity contribution in [3.63, 3.8) is 0 Å². The van der Waals surface area contributed by atoms with Crippen LogP contribution in [0.3, 0.4) is 0 Å². The average Bonchev–Trinajstić information content (AvgIpc) is 2.94. The number of aromatic hydroxyl groups is 1. The molecule has 2 aromatic rings. The fraction of sp³-hybridized carbons (Fsp3) is 0.200. The number of carbonyl (C=O) groups excluding carboxylic acids is 1. The molecule has 1 saturated heterocycles. The highest BCUT2D eigenvalue weighted by atomic mass is 32.2. The zero-order chi connectivity index (χ0) is 21.1. The molecule has 1 aliphatic rings. The highest BCUT2D eigenvalue weighted by Gasteiger charge is 2.32. The molecule has 0 radical (unpaired) electrons. The molecule has 0 aliphatic carbocycles. The van der Waals surface area contributed by atoms with Crippen LogP contribution in [0.4, 0.5) is 5.69 Å². The lowest BCUT2D eigenvalue weighted by molar-refractivity contribution is -0.385. The number of non-ortho nitro benzene ring substituents is 1. The Kier molecular flexibility index (Phi) is 6.19. The largest absolute Gasteiger partial charge is 0.504 e. The smallest absolute Gasteiger partial charge is 0.274 e. The lowest BCUT2D eigenvalue weighted by atomic mass is 10.1. The summed E-state index contributed by atoms with van der Waals surface area (Å²) in [6.45, 7) is 4.24. The van der Waals surface area contributed by atoms with E-state index in [1.54, 1.807) is 6.92 Å². The first kappa shape index (κ1) is 20.8. The highest BCUT2D eigenvalue weighted by molar-refractivity contribution is 8.26. The summed E-state index contributed by atoms with van der Waals surface area (Å²) in [6, 6.07) is 10.1. The molecule has 1 N–H and O–H groups in total. The van der Waals surface area contributed by atoms with E-state index < -0.39 is 4.92 Å². The van der Waals surface area contributed by atoms with Crippen molar-refractivity contribution in [1.82, 2.24) is 4.90 Å². The summed E-state index contributed by atoms with van der Waals surface area (Å²) in [5.41, 5.74) is 1.93. The molecule has 0 aromatic heterocycles. The number of rotatable bonds is 6. The van der Waals surface area contributed by atoms with Crippen LogP contribution in [0.2, 0.25) is 0 Å². The third kappa shape index (κ3) is 4.57. The molecule has 1 aliphatic heterocycles. The van der Waals surface area contributed by atoms with Crippen molar-refractivity contribution in [2.24, 2.45) is 0 Å². The van der Waals surface area contributed by atoms with Crippen LogP contribution in [0.25, 0.3) is 6.08 Å². The molecule has 1 fully saturated rings. The number of phenolic OH excluding ortho intramolecular Hbond substituents is 1. The van der Waals surface area contributed by atoms with E-state index in [1.165, 1.54) is 17.0 Å². The summed E-state index contributed by atoms with van der Waals surface area (Å²) in [5, 5.41) is 21.6. The lowest BCUT2D eigenvalue weighted by Gasteiger charge is -2.14. The topological polar surface area (TPSA) is 92.9 Å². The number of aryl methyl sites for hydroxylation is 1. The van der Waals surface area contributed by atoms with Gasteiger partial charge in [0.2, 0.25) is 0 Å². The second-order valence-corrected chi connectivity index (χ2v) is 8.00. The van der Waals surface area contributed by atoms with Gasteiger partial charge in [-0.2, -0.15) is 0 Å². The van der Waals surface area contributed by atoms with E-state index in [-0.39, 0.29) is 40.2 Å². The van der Waals surface area contributed by atoms with Gasteiger partial charge < -0.3 is 9.84 Å². The molecular weight excluding hydrogens is 412 g/mol. The number of hydrogen-bond donors (Lipinski definition) is 1. The first-order valence-corrected chi connectivity index (χ1v) is 9.97. The molecule has 1 amide bonds. The van der Waals surface area contributed by atoms with Gasteiger partial charge in [-0.15, -0.1) is 0 Å². The summed E-state index contributed by atoms with van der Waals surface area (Å²) in [4.78, 5) is 25.2. The molecule has 0 bridgehead atoms. The van der Waals surface area contributed by atoms with E-state index in [2.05, 4.69) is 0 Å². The highest BCUT2D eigenvalue weighted by Crippen LogP contribution is 2.39. The van der Waals surface area contributed by atoms with Crippen molar-refractivity contribution < 1.29 is 19.6 Å². The number of amides is 1. The summed E-state index contributed by atoms with van der Waals surface area (Å²) < 4.78 is 5.66. The van der Waals surface area contributed by atoms with E-state index in [0.717, 1.165) is 29.0 Å². The fourth-order valence-electron chi connectivity index (χ4n) is 2.75. The van der Waals surface area contributed by atoms with Gasteiger partial charge in [-0.3, -0.25) is 19.8 Å². The van der Waals surface area contributed by atoms with Crippen molar-refractivity contribution >= 4 is 46.0 Å². The SMILES string of the molecule is CCOc1cc([N+](=O)[O-])cc(/C=C2\SC(=S)N(Cc3ccc(C)cc3)C2=O)c1O. The van der Waals surface area contributed by atoms with E-state index in [4.69, 9.17) is 17.0 Å². The first-order chi connectivity index (χ1) is 13.8. The lowest BCUT2D eigenvalue weighted by Crippen LogP contribution is -2.27. The number of thioether (sulfide) groups is 1. The number of hydrogen-bond acceptors (Lipinski definition) is 7. The van der Waals surface area contributed by atoms with Gasteiger partial charge in [0.1, 0.15) is 4.32 Å². The van der Waals surface area contributed by atoms with Crippen LogP contribution in [-0.4, -0.2) is 31.8 Å². The Bertz CT molecular complexity index is 1020. The number of nitrogens with zero attached hydrogens (tertiary/aromatic N) is 2. The van der Waals surface area contributed by atoms with Crippen LogP contribution in [-0.2, 0) is 11.3 Å². The van der Waals surface area contributed by atoms with Gasteiger partial charge in [0, 0.05) is 11.6 Å². The standard InChI is InChI=1S/C20H18N2O5S2/c1-3-27-16-10-15(22(25)26)8-14(18(16)23)9-17-19(24)21(20(28)29-17)11-13-6-4-12(2)5-7-13/h4-10,23H,3,11H2,1-2H3/b17-9-. The average molecular weight is 431 g/mol. The molecule has 150 valence electrons. The second kappa shape index (κ2) is 8.62. The van der Waals surface area contributed by atoms with Crippen LogP contribution in [0.1, 0.15) is 23.6 Å². The Morgan fingerprint density at radius 1 is 1.31 bits per heavy atom. The van der Waals surface area contributed by atoms with Crippen LogP contribution < -0.4 is 4.74 Å². The van der Waals surface area contributed by atoms with Gasteiger partial charge in [-0.1, -0.05) is 53.8 Å². The molecule has 2 aromatic carbocycles. The Morgan fingerprint density at radius 2 is 2.00 bits per heavy atom. The van der Waals surface area contributed by atoms with Crippen molar-refractivity contribution in [3.8, 4) is 11.5 Å². The summed E-state index contributed by atoms with van der Waals surface area (Å²) in [6.07, 6.45) is 1.40. The van der Waals surface area contributed by atoms with Gasteiger partial charge in [0.25, 0.3) is 11.6 Å². The van der Waals surface area contributed by atoms with Gasteiger partial charge in [0.15, 0.2) is 11.5 Å². The summed E-state index contributed by atoms with van der Waals surface area (Å²) in [5.74, 6) is -0.589. The van der Waals surface area contributed by atoms with Crippen LogP contribution in [0.15, 0.2) is 41.3 Å². The minimum absolute atomic E-state index is 0.0110. The maximum absolute atomic E-state index is 12.8. The van der Waals surface area contributed by atoms with Crippen molar-refractivity contribution in [3.05, 3.63) is 68.1 Å². The Morgan fingerprint density at radius 3 is 2.62 bits per heavy atom. The Labute approximate surface area is 177 Å². The van der Waals surface area contributed by atoms with Crippen LogP contribution in [0.5, 0.6) is 11.5 Å². The second-order valence-electron chi connectivity index (χ2n) is 6.33. The maximum Gasteiger partial charge on any atom is 0.274 e. The van der Waals surface area contributed by atoms with E-state index >= 15 is 0 Å². The van der Waals surface area contributed by atoms with Crippen LogP contribution >= 0.6 is 24.0 Å². The van der Waals surface area contributed by atoms with Crippen LogP contribution in [0, 0.1) is 17.0 Å². The van der Waals surface area contributed by atoms with E-state index in [1.807, 2.05) is 31.2 Å². The summed E-state index contributed by atoms with van der Waals surface area (Å²) >= 11 is 6.42. The molecule has 0 atom stereocenters. The monoisotopic (exact) mass is 430 g/mol. The van der Waals surface area contributed by atoms with Gasteiger partial charge in [-0.25, -0.2) is 0 Å². The Hall–Kier alpha value is -2.91. The van der Waals surface area contributed by atoms with Crippen molar-refractivity contribution in [1.29, 1.82) is 0 Å². The predicted octanol–water partition coefficient (Wildman–Crippen LogP) is 4.41. The molecular formula is C20H18N2O5S2. The first-order valence-electron chi connectivity index (χ1n) is 8.75. The maximum atomic E-state index is 12.8. The number of carbonyl (C=O) groups is 1. The molecule has 9 heteroatoms. The van der Waals surface area contributed by atoms with Gasteiger partial charge >= 0.3 is 0 Å². The van der Waals surface area contributed by atoms with Gasteiger partial charge in [0.05, 0.1) is 29.0 Å². The Balaban J connectivity index is 1.92. The van der Waals surface area contributed by atoms with Crippen molar-refractivity contribution in [2.75, 3.05) is 6.61 Å². The molecule has 1 heterocycles. The number of nitro benzene ring substituents is 1.